The van der Waals surface area contributed by atoms with E-state index >= 15 is 4.79 Å². The SMILES string of the molecule is CO[C@@H](C)c1ncc(N2CCN(C3CC3)CC2)cc1-c1c2c3cc(ccc3n1CCO[C@@H]1CCOC(C)(C)C1)-c1csc(n1)[C@@H](N1CCOCC1)[C@H](NC(=O)[C@@H]1[C@@H](C)[C@H]1c1ccccn1)C(=O)N1CCC[C@H](N1)C(=O)OCC(C)(C)C2. The van der Waals surface area contributed by atoms with Crippen LogP contribution < -0.4 is 15.6 Å². The summed E-state index contributed by atoms with van der Waals surface area (Å²) in [4.78, 5) is 67.4. The highest BCUT2D eigenvalue weighted by atomic mass is 32.1. The third-order valence-corrected chi connectivity index (χ3v) is 19.1. The molecule has 2 N–H and O–H groups in total. The van der Waals surface area contributed by atoms with E-state index in [1.807, 2.05) is 24.4 Å². The maximum atomic E-state index is 15.4. The zero-order chi connectivity index (χ0) is 56.2. The van der Waals surface area contributed by atoms with Crippen LogP contribution in [0.4, 0.5) is 5.69 Å². The number of hydrazine groups is 1. The Kier molecular flexibility index (Phi) is 16.2. The number of anilines is 1. The van der Waals surface area contributed by atoms with Crippen LogP contribution in [0, 0.1) is 17.3 Å². The van der Waals surface area contributed by atoms with Crippen LogP contribution in [0.25, 0.3) is 33.4 Å². The van der Waals surface area contributed by atoms with E-state index in [-0.39, 0.29) is 54.0 Å². The van der Waals surface area contributed by atoms with Crippen LogP contribution in [0.1, 0.15) is 120 Å². The van der Waals surface area contributed by atoms with Crippen LogP contribution in [0.5, 0.6) is 0 Å². The van der Waals surface area contributed by atoms with Crippen LogP contribution >= 0.6 is 11.3 Å². The van der Waals surface area contributed by atoms with E-state index in [4.69, 9.17) is 33.7 Å². The van der Waals surface area contributed by atoms with Crippen molar-refractivity contribution >= 4 is 45.7 Å². The molecule has 9 heterocycles. The Hall–Kier alpha value is -5.38. The predicted molar refractivity (Wildman–Crippen MR) is 311 cm³/mol. The van der Waals surface area contributed by atoms with Gasteiger partial charge in [-0.25, -0.2) is 10.4 Å². The molecule has 12 rings (SSSR count). The van der Waals surface area contributed by atoms with Gasteiger partial charge < -0.3 is 38.5 Å². The first-order chi connectivity index (χ1) is 39.1. The van der Waals surface area contributed by atoms with Gasteiger partial charge in [0.25, 0.3) is 5.91 Å². The number of nitrogens with one attached hydrogen (secondary N) is 2. The molecule has 434 valence electrons. The topological polar surface area (TPSA) is 178 Å². The monoisotopic (exact) mass is 1130 g/mol. The molecule has 19 heteroatoms. The third-order valence-electron chi connectivity index (χ3n) is 18.2. The lowest BCUT2D eigenvalue weighted by Crippen LogP contribution is -2.63. The van der Waals surface area contributed by atoms with Gasteiger partial charge in [0, 0.05) is 135 Å². The van der Waals surface area contributed by atoms with E-state index in [0.717, 1.165) is 101 Å². The first-order valence-electron chi connectivity index (χ1n) is 29.8. The summed E-state index contributed by atoms with van der Waals surface area (Å²) in [5.74, 6) is -1.37. The molecular weight excluding hydrogens is 1040 g/mol. The number of benzene rings is 1. The lowest BCUT2D eigenvalue weighted by molar-refractivity contribution is -0.156. The van der Waals surface area contributed by atoms with Gasteiger partial charge in [0.1, 0.15) is 17.1 Å². The van der Waals surface area contributed by atoms with Crippen molar-refractivity contribution in [3.05, 3.63) is 82.2 Å². The highest BCUT2D eigenvalue weighted by molar-refractivity contribution is 7.10. The fourth-order valence-corrected chi connectivity index (χ4v) is 14.5. The maximum Gasteiger partial charge on any atom is 0.324 e. The van der Waals surface area contributed by atoms with Gasteiger partial charge in [-0.15, -0.1) is 11.3 Å². The zero-order valence-electron chi connectivity index (χ0n) is 48.4. The summed E-state index contributed by atoms with van der Waals surface area (Å²) in [6, 6.07) is 13.0. The van der Waals surface area contributed by atoms with Crippen molar-refractivity contribution in [2.45, 2.75) is 141 Å². The van der Waals surface area contributed by atoms with Crippen molar-refractivity contribution in [3.8, 4) is 22.5 Å². The molecule has 2 amide bonds. The molecule has 5 aromatic rings. The van der Waals surface area contributed by atoms with Crippen molar-refractivity contribution in [1.82, 2.24) is 45.1 Å². The fourth-order valence-electron chi connectivity index (χ4n) is 13.5. The highest BCUT2D eigenvalue weighted by Gasteiger charge is 2.55. The van der Waals surface area contributed by atoms with Crippen molar-refractivity contribution in [2.24, 2.45) is 17.3 Å². The number of hydrogen-bond donors (Lipinski definition) is 2. The molecule has 81 heavy (non-hydrogen) atoms. The summed E-state index contributed by atoms with van der Waals surface area (Å²) < 4.78 is 33.8. The molecule has 0 spiro atoms. The second-order valence-electron chi connectivity index (χ2n) is 25.1. The Balaban J connectivity index is 0.992. The van der Waals surface area contributed by atoms with Gasteiger partial charge in [-0.3, -0.25) is 39.2 Å². The number of fused-ring (bicyclic) bond motifs is 6. The summed E-state index contributed by atoms with van der Waals surface area (Å²) in [6.07, 6.45) is 9.36. The van der Waals surface area contributed by atoms with Crippen molar-refractivity contribution in [2.75, 3.05) is 90.9 Å². The molecule has 0 radical (unpaired) electrons. The summed E-state index contributed by atoms with van der Waals surface area (Å²) in [5, 5.41) is 8.71. The van der Waals surface area contributed by atoms with Crippen LogP contribution in [0.2, 0.25) is 0 Å². The van der Waals surface area contributed by atoms with Gasteiger partial charge in [-0.2, -0.15) is 0 Å². The number of thiazole rings is 1. The van der Waals surface area contributed by atoms with E-state index in [1.54, 1.807) is 18.3 Å². The Morgan fingerprint density at radius 3 is 2.52 bits per heavy atom. The van der Waals surface area contributed by atoms with Gasteiger partial charge >= 0.3 is 5.97 Å². The number of carbonyl (C=O) groups excluding carboxylic acids is 3. The quantitative estimate of drug-likeness (QED) is 0.110. The minimum atomic E-state index is -1.05. The van der Waals surface area contributed by atoms with Gasteiger partial charge in [-0.05, 0) is 101 Å². The zero-order valence-corrected chi connectivity index (χ0v) is 49.2. The molecule has 2 aliphatic carbocycles. The van der Waals surface area contributed by atoms with Crippen molar-refractivity contribution in [3.63, 3.8) is 0 Å². The number of cyclic esters (lactones) is 1. The van der Waals surface area contributed by atoms with Crippen LogP contribution in [-0.4, -0.2) is 168 Å². The summed E-state index contributed by atoms with van der Waals surface area (Å²) in [7, 11) is 1.74. The number of amides is 2. The number of ether oxygens (including phenoxy) is 5. The van der Waals surface area contributed by atoms with E-state index in [0.29, 0.717) is 76.9 Å². The number of morpholine rings is 1. The Labute approximate surface area is 480 Å². The number of nitrogens with zero attached hydrogens (tertiary/aromatic N) is 8. The molecular formula is C62H82N10O8S. The lowest BCUT2D eigenvalue weighted by atomic mass is 9.84. The number of esters is 1. The highest BCUT2D eigenvalue weighted by Crippen LogP contribution is 2.53. The van der Waals surface area contributed by atoms with Crippen LogP contribution in [0.15, 0.2) is 60.2 Å². The average Bonchev–Trinajstić information content (AvgIpc) is 4.45. The second-order valence-corrected chi connectivity index (χ2v) is 26.0. The van der Waals surface area contributed by atoms with E-state index < -0.39 is 29.5 Å². The molecule has 4 aromatic heterocycles. The molecule has 1 aromatic carbocycles. The molecule has 18 nitrogen and oxygen atoms in total. The van der Waals surface area contributed by atoms with Crippen molar-refractivity contribution < 1.29 is 38.1 Å². The van der Waals surface area contributed by atoms with Gasteiger partial charge in [-0.1, -0.05) is 32.9 Å². The Bertz CT molecular complexity index is 3080. The predicted octanol–water partition coefficient (Wildman–Crippen LogP) is 7.72. The fraction of sp³-hybridized carbons (Fsp3) is 0.613. The summed E-state index contributed by atoms with van der Waals surface area (Å²) in [6.45, 7) is 20.8. The van der Waals surface area contributed by atoms with E-state index in [9.17, 15) is 9.59 Å². The molecule has 0 unspecified atom stereocenters. The Morgan fingerprint density at radius 2 is 1.77 bits per heavy atom. The number of pyridine rings is 2. The van der Waals surface area contributed by atoms with Crippen molar-refractivity contribution in [1.29, 1.82) is 0 Å². The molecule has 6 bridgehead atoms. The van der Waals surface area contributed by atoms with E-state index in [2.05, 4.69) is 106 Å². The molecule has 2 saturated carbocycles. The summed E-state index contributed by atoms with van der Waals surface area (Å²) in [5.41, 5.74) is 11.2. The number of hydrogen-bond acceptors (Lipinski definition) is 16. The Morgan fingerprint density at radius 1 is 0.951 bits per heavy atom. The molecule has 6 fully saturated rings. The number of methoxy groups -OCH3 is 1. The minimum Gasteiger partial charge on any atom is -0.464 e. The molecule has 4 saturated heterocycles. The third kappa shape index (κ3) is 11.9. The average molecular weight is 1130 g/mol. The molecule has 5 aliphatic heterocycles. The molecule has 8 atom stereocenters. The number of carbonyl (C=O) groups is 3. The van der Waals surface area contributed by atoms with Gasteiger partial charge in [0.05, 0.1) is 79.2 Å². The number of aromatic nitrogens is 4. The van der Waals surface area contributed by atoms with Crippen LogP contribution in [-0.2, 0) is 51.0 Å². The first-order valence-corrected chi connectivity index (χ1v) is 30.7. The number of rotatable bonds is 13. The first kappa shape index (κ1) is 56.1. The largest absolute Gasteiger partial charge is 0.464 e. The smallest absolute Gasteiger partial charge is 0.324 e. The van der Waals surface area contributed by atoms with Crippen LogP contribution in [0.3, 0.4) is 0 Å². The van der Waals surface area contributed by atoms with E-state index in [1.165, 1.54) is 24.2 Å². The number of piperazine rings is 1. The minimum absolute atomic E-state index is 0.0316. The van der Waals surface area contributed by atoms with Gasteiger partial charge in [0.2, 0.25) is 5.91 Å². The van der Waals surface area contributed by atoms with Gasteiger partial charge in [0.15, 0.2) is 0 Å². The summed E-state index contributed by atoms with van der Waals surface area (Å²) >= 11 is 1.50. The second kappa shape index (κ2) is 23.3. The molecule has 7 aliphatic rings. The lowest BCUT2D eigenvalue weighted by Gasteiger charge is -2.41. The normalized spacial score (nSPS) is 27.9. The standard InChI is InChI=1S/C62H82N10O8S/c1-38-51(47-11-8-9-18-63-47)52(38)57(73)66-54-56(70-24-28-77-29-25-70)58-65-49(36-81-58)40-13-16-50-44(31-40)46(34-61(3,4)37-79-60(75)48-12-10-19-72(67-48)59(54)74)55(71(50)26-30-78-43-17-27-80-62(5,6)33-43)45-32-42(35-64-53(45)39(2)76-7)69-22-20-68(21-23-69)41-14-15-41/h8-9,11,13,16,18,31-32,35-36,38-39,41,43,48,51-52,54,56,67H,10,12,14-15,17,19-30,33-34,37H2,1-7H3,(H,66,73)/t38-,39-,43+,48-,51-,52+,54-,56-/m0/s1. The maximum absolute atomic E-state index is 15.4.